The van der Waals surface area contributed by atoms with Crippen molar-refractivity contribution < 1.29 is 4.74 Å². The summed E-state index contributed by atoms with van der Waals surface area (Å²) >= 11 is 0. The fraction of sp³-hybridized carbons (Fsp3) is 1.00. The predicted molar refractivity (Wildman–Crippen MR) is 72.2 cm³/mol. The van der Waals surface area contributed by atoms with Crippen molar-refractivity contribution >= 4 is 0 Å². The van der Waals surface area contributed by atoms with Crippen LogP contribution in [0.15, 0.2) is 0 Å². The van der Waals surface area contributed by atoms with Crippen LogP contribution in [0.4, 0.5) is 0 Å². The number of ether oxygens (including phenoxy) is 1. The Morgan fingerprint density at radius 3 is 2.29 bits per heavy atom. The van der Waals surface area contributed by atoms with Crippen LogP contribution in [0.3, 0.4) is 0 Å². The van der Waals surface area contributed by atoms with E-state index < -0.39 is 0 Å². The van der Waals surface area contributed by atoms with Gasteiger partial charge < -0.3 is 10.1 Å². The van der Waals surface area contributed by atoms with Crippen LogP contribution in [0.5, 0.6) is 0 Å². The number of methoxy groups -OCH3 is 1. The van der Waals surface area contributed by atoms with Gasteiger partial charge in [0.05, 0.1) is 5.60 Å². The summed E-state index contributed by atoms with van der Waals surface area (Å²) in [5.41, 5.74) is 0.134. The van der Waals surface area contributed by atoms with Gasteiger partial charge in [-0.25, -0.2) is 0 Å². The average Bonchev–Trinajstić information content (AvgIpc) is 3.15. The quantitative estimate of drug-likeness (QED) is 0.716. The molecule has 0 radical (unpaired) electrons. The third-order valence-corrected chi connectivity index (χ3v) is 4.71. The van der Waals surface area contributed by atoms with Crippen molar-refractivity contribution in [2.75, 3.05) is 13.7 Å². The van der Waals surface area contributed by atoms with Crippen molar-refractivity contribution in [3.63, 3.8) is 0 Å². The minimum Gasteiger partial charge on any atom is -0.377 e. The Hall–Kier alpha value is -0.0800. The third kappa shape index (κ3) is 3.45. The minimum atomic E-state index is 0.134. The Labute approximate surface area is 107 Å². The minimum absolute atomic E-state index is 0.134. The monoisotopic (exact) mass is 239 g/mol. The molecule has 1 N–H and O–H groups in total. The molecule has 0 heterocycles. The lowest BCUT2D eigenvalue weighted by atomic mass is 9.83. The second-order valence-electron chi connectivity index (χ2n) is 5.97. The summed E-state index contributed by atoms with van der Waals surface area (Å²) in [5, 5.41) is 3.72. The highest BCUT2D eigenvalue weighted by molar-refractivity contribution is 4.97. The van der Waals surface area contributed by atoms with Crippen LogP contribution in [0, 0.1) is 5.92 Å². The Morgan fingerprint density at radius 1 is 1.18 bits per heavy atom. The maximum atomic E-state index is 6.04. The summed E-state index contributed by atoms with van der Waals surface area (Å²) in [5.74, 6) is 0.981. The van der Waals surface area contributed by atoms with E-state index in [-0.39, 0.29) is 5.60 Å². The van der Waals surface area contributed by atoms with E-state index in [4.69, 9.17) is 4.74 Å². The van der Waals surface area contributed by atoms with Gasteiger partial charge in [0.15, 0.2) is 0 Å². The molecule has 17 heavy (non-hydrogen) atoms. The van der Waals surface area contributed by atoms with Crippen LogP contribution in [0.1, 0.15) is 64.7 Å². The van der Waals surface area contributed by atoms with Crippen molar-refractivity contribution in [2.24, 2.45) is 5.92 Å². The van der Waals surface area contributed by atoms with Crippen LogP contribution in [0.25, 0.3) is 0 Å². The van der Waals surface area contributed by atoms with E-state index in [0.29, 0.717) is 6.04 Å². The molecule has 2 saturated carbocycles. The number of hydrogen-bond acceptors (Lipinski definition) is 2. The van der Waals surface area contributed by atoms with E-state index in [1.165, 1.54) is 57.8 Å². The van der Waals surface area contributed by atoms with Crippen LogP contribution in [0.2, 0.25) is 0 Å². The first-order chi connectivity index (χ1) is 8.30. The van der Waals surface area contributed by atoms with Gasteiger partial charge in [-0.05, 0) is 31.7 Å². The predicted octanol–water partition coefficient (Wildman–Crippen LogP) is 3.50. The summed E-state index contributed by atoms with van der Waals surface area (Å²) in [6, 6.07) is 0.586. The zero-order valence-electron chi connectivity index (χ0n) is 11.6. The van der Waals surface area contributed by atoms with E-state index in [9.17, 15) is 0 Å². The smallest absolute Gasteiger partial charge is 0.0831 e. The van der Waals surface area contributed by atoms with E-state index in [1.54, 1.807) is 0 Å². The topological polar surface area (TPSA) is 21.3 Å². The number of rotatable bonds is 6. The fourth-order valence-corrected chi connectivity index (χ4v) is 3.44. The Morgan fingerprint density at radius 2 is 1.82 bits per heavy atom. The molecule has 1 atom stereocenters. The van der Waals surface area contributed by atoms with E-state index in [1.807, 2.05) is 7.11 Å². The molecule has 0 aromatic heterocycles. The summed E-state index contributed by atoms with van der Waals surface area (Å²) in [4.78, 5) is 0. The Balaban J connectivity index is 2.03. The van der Waals surface area contributed by atoms with E-state index >= 15 is 0 Å². The normalized spacial score (nSPS) is 26.5. The van der Waals surface area contributed by atoms with Crippen molar-refractivity contribution in [3.05, 3.63) is 0 Å². The van der Waals surface area contributed by atoms with Crippen LogP contribution < -0.4 is 5.32 Å². The van der Waals surface area contributed by atoms with Gasteiger partial charge in [-0.3, -0.25) is 0 Å². The number of nitrogens with one attached hydrogen (secondary N) is 1. The number of likely N-dealkylation sites (N-methyl/N-ethyl adjacent to an activating group) is 1. The molecule has 0 spiro atoms. The molecule has 2 nitrogen and oxygen atoms in total. The van der Waals surface area contributed by atoms with Crippen LogP contribution >= 0.6 is 0 Å². The molecule has 2 rings (SSSR count). The van der Waals surface area contributed by atoms with Crippen LogP contribution in [-0.4, -0.2) is 25.3 Å². The summed E-state index contributed by atoms with van der Waals surface area (Å²) in [6.45, 7) is 3.29. The third-order valence-electron chi connectivity index (χ3n) is 4.71. The first-order valence-corrected chi connectivity index (χ1v) is 7.59. The van der Waals surface area contributed by atoms with Gasteiger partial charge in [-0.15, -0.1) is 0 Å². The zero-order chi connectivity index (χ0) is 12.1. The van der Waals surface area contributed by atoms with Gasteiger partial charge in [-0.1, -0.05) is 45.4 Å². The Bertz CT molecular complexity index is 217. The molecule has 2 aliphatic carbocycles. The zero-order valence-corrected chi connectivity index (χ0v) is 11.6. The Kier molecular flexibility index (Phi) is 4.87. The molecule has 2 aliphatic rings. The van der Waals surface area contributed by atoms with Gasteiger partial charge in [-0.2, -0.15) is 0 Å². The second kappa shape index (κ2) is 6.19. The molecule has 0 amide bonds. The van der Waals surface area contributed by atoms with Gasteiger partial charge in [0.2, 0.25) is 0 Å². The maximum absolute atomic E-state index is 6.04. The molecular formula is C15H29NO. The summed E-state index contributed by atoms with van der Waals surface area (Å²) in [6.07, 6.45) is 12.2. The molecule has 0 saturated heterocycles. The first kappa shape index (κ1) is 13.4. The number of hydrogen-bond donors (Lipinski definition) is 1. The molecule has 100 valence electrons. The fourth-order valence-electron chi connectivity index (χ4n) is 3.44. The van der Waals surface area contributed by atoms with Gasteiger partial charge in [0, 0.05) is 13.2 Å². The molecule has 2 fully saturated rings. The van der Waals surface area contributed by atoms with Crippen LogP contribution in [-0.2, 0) is 4.74 Å². The molecule has 2 heteroatoms. The standard InChI is InChI=1S/C15H29NO/c1-3-16-14(12-13-8-9-13)15(17-2)10-6-4-5-7-11-15/h13-14,16H,3-12H2,1-2H3. The molecule has 0 aliphatic heterocycles. The maximum Gasteiger partial charge on any atom is 0.0831 e. The first-order valence-electron chi connectivity index (χ1n) is 7.59. The lowest BCUT2D eigenvalue weighted by Gasteiger charge is -2.40. The van der Waals surface area contributed by atoms with Crippen molar-refractivity contribution in [2.45, 2.75) is 76.4 Å². The van der Waals surface area contributed by atoms with Gasteiger partial charge in [0.1, 0.15) is 0 Å². The van der Waals surface area contributed by atoms with Gasteiger partial charge >= 0.3 is 0 Å². The summed E-state index contributed by atoms with van der Waals surface area (Å²) in [7, 11) is 1.93. The van der Waals surface area contributed by atoms with Gasteiger partial charge in [0.25, 0.3) is 0 Å². The van der Waals surface area contributed by atoms with Crippen molar-refractivity contribution in [1.29, 1.82) is 0 Å². The summed E-state index contributed by atoms with van der Waals surface area (Å²) < 4.78 is 6.04. The highest BCUT2D eigenvalue weighted by Gasteiger charge is 2.41. The van der Waals surface area contributed by atoms with E-state index in [2.05, 4.69) is 12.2 Å². The van der Waals surface area contributed by atoms with Crippen molar-refractivity contribution in [1.82, 2.24) is 5.32 Å². The molecule has 1 unspecified atom stereocenters. The van der Waals surface area contributed by atoms with Crippen molar-refractivity contribution in [3.8, 4) is 0 Å². The second-order valence-corrected chi connectivity index (χ2v) is 5.97. The molecule has 0 bridgehead atoms. The average molecular weight is 239 g/mol. The molecule has 0 aromatic carbocycles. The largest absolute Gasteiger partial charge is 0.377 e. The lowest BCUT2D eigenvalue weighted by molar-refractivity contribution is -0.0556. The molecular weight excluding hydrogens is 210 g/mol. The van der Waals surface area contributed by atoms with E-state index in [0.717, 1.165) is 12.5 Å². The lowest BCUT2D eigenvalue weighted by Crippen LogP contribution is -2.52. The highest BCUT2D eigenvalue weighted by Crippen LogP contribution is 2.40. The highest BCUT2D eigenvalue weighted by atomic mass is 16.5. The SMILES string of the molecule is CCNC(CC1CC1)C1(OC)CCCCCC1. The molecule has 0 aromatic rings.